The summed E-state index contributed by atoms with van der Waals surface area (Å²) >= 11 is 4.98. The van der Waals surface area contributed by atoms with E-state index in [2.05, 4.69) is 32.2 Å². The molecule has 0 spiro atoms. The number of furan rings is 1. The van der Waals surface area contributed by atoms with Gasteiger partial charge in [-0.15, -0.1) is 0 Å². The lowest BCUT2D eigenvalue weighted by Gasteiger charge is -2.04. The van der Waals surface area contributed by atoms with Crippen molar-refractivity contribution in [1.29, 1.82) is 0 Å². The van der Waals surface area contributed by atoms with Crippen molar-refractivity contribution in [3.63, 3.8) is 0 Å². The minimum absolute atomic E-state index is 0.166. The van der Waals surface area contributed by atoms with Crippen LogP contribution in [-0.4, -0.2) is 33.5 Å². The van der Waals surface area contributed by atoms with Gasteiger partial charge in [0.05, 0.1) is 6.54 Å². The molecule has 1 aromatic rings. The van der Waals surface area contributed by atoms with Gasteiger partial charge in [-0.1, -0.05) is 13.3 Å². The molecule has 0 atom stereocenters. The van der Waals surface area contributed by atoms with Crippen LogP contribution in [-0.2, 0) is 16.6 Å². The number of hydrogen-bond acceptors (Lipinski definition) is 5. The van der Waals surface area contributed by atoms with Crippen molar-refractivity contribution >= 4 is 37.7 Å². The molecule has 0 bridgehead atoms. The maximum absolute atomic E-state index is 12.2. The molecule has 1 heterocycles. The van der Waals surface area contributed by atoms with Gasteiger partial charge in [0.2, 0.25) is 10.0 Å². The van der Waals surface area contributed by atoms with Gasteiger partial charge in [0.1, 0.15) is 10.7 Å². The van der Waals surface area contributed by atoms with Crippen LogP contribution in [0.2, 0.25) is 0 Å². The van der Waals surface area contributed by atoms with Crippen LogP contribution in [0.5, 0.6) is 0 Å². The van der Waals surface area contributed by atoms with Crippen LogP contribution in [0.1, 0.15) is 31.9 Å². The first-order chi connectivity index (χ1) is 10.0. The molecule has 2 N–H and O–H groups in total. The molecule has 1 rings (SSSR count). The molecule has 0 saturated carbocycles. The molecule has 1 aromatic heterocycles. The molecule has 21 heavy (non-hydrogen) atoms. The minimum atomic E-state index is -3.51. The van der Waals surface area contributed by atoms with Gasteiger partial charge in [-0.2, -0.15) is 11.8 Å². The molecule has 0 aromatic carbocycles. The zero-order chi connectivity index (χ0) is 15.7. The van der Waals surface area contributed by atoms with Crippen molar-refractivity contribution in [3.05, 3.63) is 16.5 Å². The van der Waals surface area contributed by atoms with Crippen molar-refractivity contribution in [2.75, 3.05) is 25.1 Å². The first-order valence-corrected chi connectivity index (χ1v) is 10.7. The van der Waals surface area contributed by atoms with E-state index < -0.39 is 10.0 Å². The minimum Gasteiger partial charge on any atom is -0.452 e. The van der Waals surface area contributed by atoms with Crippen LogP contribution >= 0.6 is 27.7 Å². The second kappa shape index (κ2) is 9.89. The number of sulfonamides is 1. The van der Waals surface area contributed by atoms with Crippen molar-refractivity contribution in [2.45, 2.75) is 37.6 Å². The quantitative estimate of drug-likeness (QED) is 0.560. The van der Waals surface area contributed by atoms with Crippen LogP contribution in [0, 0.1) is 0 Å². The third-order valence-electron chi connectivity index (χ3n) is 2.86. The van der Waals surface area contributed by atoms with E-state index in [0.717, 1.165) is 31.6 Å². The van der Waals surface area contributed by atoms with Gasteiger partial charge in [-0.3, -0.25) is 0 Å². The van der Waals surface area contributed by atoms with Gasteiger partial charge < -0.3 is 9.73 Å². The summed E-state index contributed by atoms with van der Waals surface area (Å²) in [6, 6.07) is 1.56. The molecule has 0 unspecified atom stereocenters. The van der Waals surface area contributed by atoms with Crippen LogP contribution in [0.4, 0.5) is 0 Å². The predicted octanol–water partition coefficient (Wildman–Crippen LogP) is 2.96. The Bertz CT molecular complexity index is 517. The zero-order valence-electron chi connectivity index (χ0n) is 12.4. The lowest BCUT2D eigenvalue weighted by molar-refractivity contribution is 0.464. The monoisotopic (exact) mass is 398 g/mol. The summed E-state index contributed by atoms with van der Waals surface area (Å²) < 4.78 is 32.7. The van der Waals surface area contributed by atoms with E-state index in [4.69, 9.17) is 4.42 Å². The number of nitrogens with one attached hydrogen (secondary N) is 2. The van der Waals surface area contributed by atoms with E-state index in [1.165, 1.54) is 0 Å². The van der Waals surface area contributed by atoms with Gasteiger partial charge in [0.15, 0.2) is 4.67 Å². The molecule has 122 valence electrons. The standard InChI is InChI=1S/C13H23BrN2O3S2/c1-3-15-10-11-9-12(13(14)19-11)21(17,18)16-7-5-4-6-8-20-2/h9,15-16H,3-8,10H2,1-2H3. The third-order valence-corrected chi connectivity index (χ3v) is 5.88. The maximum atomic E-state index is 12.2. The molecule has 0 amide bonds. The van der Waals surface area contributed by atoms with E-state index in [9.17, 15) is 8.42 Å². The molecular formula is C13H23BrN2O3S2. The highest BCUT2D eigenvalue weighted by Crippen LogP contribution is 2.26. The largest absolute Gasteiger partial charge is 0.452 e. The van der Waals surface area contributed by atoms with Crippen molar-refractivity contribution in [1.82, 2.24) is 10.0 Å². The van der Waals surface area contributed by atoms with Gasteiger partial charge in [0.25, 0.3) is 0 Å². The van der Waals surface area contributed by atoms with Gasteiger partial charge >= 0.3 is 0 Å². The van der Waals surface area contributed by atoms with E-state index in [-0.39, 0.29) is 9.56 Å². The summed E-state index contributed by atoms with van der Waals surface area (Å²) in [5, 5.41) is 3.10. The van der Waals surface area contributed by atoms with Crippen molar-refractivity contribution < 1.29 is 12.8 Å². The Balaban J connectivity index is 2.51. The van der Waals surface area contributed by atoms with Crippen LogP contribution in [0.15, 0.2) is 20.0 Å². The van der Waals surface area contributed by atoms with E-state index in [0.29, 0.717) is 18.8 Å². The molecule has 8 heteroatoms. The fourth-order valence-electron chi connectivity index (χ4n) is 1.75. The first kappa shape index (κ1) is 19.0. The molecule has 0 saturated heterocycles. The van der Waals surface area contributed by atoms with Crippen molar-refractivity contribution in [3.8, 4) is 0 Å². The average molecular weight is 399 g/mol. The van der Waals surface area contributed by atoms with Crippen LogP contribution in [0.25, 0.3) is 0 Å². The highest BCUT2D eigenvalue weighted by Gasteiger charge is 2.21. The summed E-state index contributed by atoms with van der Waals surface area (Å²) in [6.45, 7) is 3.75. The highest BCUT2D eigenvalue weighted by atomic mass is 79.9. The van der Waals surface area contributed by atoms with Crippen molar-refractivity contribution in [2.24, 2.45) is 0 Å². The molecule has 0 aliphatic rings. The lowest BCUT2D eigenvalue weighted by Crippen LogP contribution is -2.24. The Morgan fingerprint density at radius 2 is 2.10 bits per heavy atom. The predicted molar refractivity (Wildman–Crippen MR) is 91.2 cm³/mol. The van der Waals surface area contributed by atoms with E-state index in [1.54, 1.807) is 6.07 Å². The molecule has 0 radical (unpaired) electrons. The second-order valence-corrected chi connectivity index (χ2v) is 8.02. The molecule has 0 aliphatic heterocycles. The fourth-order valence-corrected chi connectivity index (χ4v) is 4.31. The molecule has 0 fully saturated rings. The molecule has 0 aliphatic carbocycles. The summed E-state index contributed by atoms with van der Waals surface area (Å²) in [7, 11) is -3.51. The molecular weight excluding hydrogens is 376 g/mol. The third kappa shape index (κ3) is 6.73. The number of hydrogen-bond donors (Lipinski definition) is 2. The molecule has 5 nitrogen and oxygen atoms in total. The number of halogens is 1. The normalized spacial score (nSPS) is 12.0. The Hall–Kier alpha value is -0.0200. The summed E-state index contributed by atoms with van der Waals surface area (Å²) in [6.07, 6.45) is 5.07. The van der Waals surface area contributed by atoms with Gasteiger partial charge in [-0.25, -0.2) is 13.1 Å². The Labute approximate surface area is 139 Å². The topological polar surface area (TPSA) is 71.3 Å². The Kier molecular flexibility index (Phi) is 8.96. The number of rotatable bonds is 11. The Morgan fingerprint density at radius 3 is 2.76 bits per heavy atom. The van der Waals surface area contributed by atoms with Crippen LogP contribution in [0.3, 0.4) is 0 Å². The fraction of sp³-hybridized carbons (Fsp3) is 0.692. The number of thioether (sulfide) groups is 1. The maximum Gasteiger partial charge on any atom is 0.244 e. The van der Waals surface area contributed by atoms with E-state index >= 15 is 0 Å². The average Bonchev–Trinajstić information content (AvgIpc) is 2.82. The second-order valence-electron chi connectivity index (χ2n) is 4.58. The lowest BCUT2D eigenvalue weighted by atomic mass is 10.2. The van der Waals surface area contributed by atoms with Gasteiger partial charge in [0, 0.05) is 12.6 Å². The first-order valence-electron chi connectivity index (χ1n) is 6.98. The van der Waals surface area contributed by atoms with Gasteiger partial charge in [-0.05, 0) is 47.3 Å². The summed E-state index contributed by atoms with van der Waals surface area (Å²) in [4.78, 5) is 0.166. The SMILES string of the molecule is CCNCc1cc(S(=O)(=O)NCCCCCSC)c(Br)o1. The number of unbranched alkanes of at least 4 members (excludes halogenated alkanes) is 2. The summed E-state index contributed by atoms with van der Waals surface area (Å²) in [5.74, 6) is 1.72. The van der Waals surface area contributed by atoms with E-state index in [1.807, 2.05) is 18.7 Å². The highest BCUT2D eigenvalue weighted by molar-refractivity contribution is 9.10. The zero-order valence-corrected chi connectivity index (χ0v) is 15.7. The smallest absolute Gasteiger partial charge is 0.244 e. The van der Waals surface area contributed by atoms with Crippen LogP contribution < -0.4 is 10.0 Å². The summed E-state index contributed by atoms with van der Waals surface area (Å²) in [5.41, 5.74) is 0. The Morgan fingerprint density at radius 1 is 1.33 bits per heavy atom.